The molecule has 1 fully saturated rings. The predicted octanol–water partition coefficient (Wildman–Crippen LogP) is 2.67. The van der Waals surface area contributed by atoms with Crippen molar-refractivity contribution >= 4 is 11.6 Å². The number of hydrogen-bond acceptors (Lipinski definition) is 5. The maximum absolute atomic E-state index is 13.0. The molecule has 0 bridgehead atoms. The average molecular weight is 356 g/mol. The highest BCUT2D eigenvalue weighted by molar-refractivity contribution is 5.99. The molecule has 0 atom stereocenters. The largest absolute Gasteiger partial charge is 0.497 e. The molecule has 6 nitrogen and oxygen atoms in total. The van der Waals surface area contributed by atoms with Gasteiger partial charge in [-0.1, -0.05) is 12.1 Å². The van der Waals surface area contributed by atoms with Gasteiger partial charge in [-0.25, -0.2) is 0 Å². The lowest BCUT2D eigenvalue weighted by atomic mass is 10.1. The van der Waals surface area contributed by atoms with Crippen LogP contribution in [0.25, 0.3) is 0 Å². The van der Waals surface area contributed by atoms with E-state index in [9.17, 15) is 4.79 Å². The molecule has 0 aromatic heterocycles. The van der Waals surface area contributed by atoms with Crippen LogP contribution in [0.15, 0.2) is 42.5 Å². The zero-order valence-corrected chi connectivity index (χ0v) is 15.4. The summed E-state index contributed by atoms with van der Waals surface area (Å²) in [5.74, 6) is 1.83. The fourth-order valence-electron chi connectivity index (χ4n) is 3.20. The van der Waals surface area contributed by atoms with Gasteiger partial charge in [-0.15, -0.1) is 0 Å². The van der Waals surface area contributed by atoms with Crippen molar-refractivity contribution in [3.05, 3.63) is 48.0 Å². The van der Waals surface area contributed by atoms with Gasteiger partial charge in [0.15, 0.2) is 0 Å². The Morgan fingerprint density at radius 2 is 1.46 bits per heavy atom. The minimum atomic E-state index is -0.0652. The van der Waals surface area contributed by atoms with E-state index < -0.39 is 0 Å². The molecule has 26 heavy (non-hydrogen) atoms. The highest BCUT2D eigenvalue weighted by Crippen LogP contribution is 2.30. The molecule has 0 saturated carbocycles. The number of benzene rings is 2. The van der Waals surface area contributed by atoms with Gasteiger partial charge in [-0.05, 0) is 24.3 Å². The van der Waals surface area contributed by atoms with Crippen LogP contribution in [0.3, 0.4) is 0 Å². The van der Waals surface area contributed by atoms with Crippen LogP contribution in [-0.2, 0) is 0 Å². The van der Waals surface area contributed by atoms with Crippen LogP contribution in [0, 0.1) is 0 Å². The molecule has 0 aliphatic carbocycles. The highest BCUT2D eigenvalue weighted by atomic mass is 16.5. The summed E-state index contributed by atoms with van der Waals surface area (Å²) in [6.45, 7) is 2.79. The molecule has 1 aliphatic rings. The molecule has 2 aromatic rings. The molecule has 6 heteroatoms. The van der Waals surface area contributed by atoms with Crippen LogP contribution in [0.2, 0.25) is 0 Å². The molecule has 1 aliphatic heterocycles. The summed E-state index contributed by atoms with van der Waals surface area (Å²) >= 11 is 0. The summed E-state index contributed by atoms with van der Waals surface area (Å²) in [6.07, 6.45) is 0. The third-order valence-electron chi connectivity index (χ3n) is 4.63. The number of anilines is 1. The second kappa shape index (κ2) is 7.99. The normalized spacial score (nSPS) is 14.1. The second-order valence-corrected chi connectivity index (χ2v) is 6.02. The van der Waals surface area contributed by atoms with Crippen molar-refractivity contribution in [1.29, 1.82) is 0 Å². The fraction of sp³-hybridized carbons (Fsp3) is 0.350. The van der Waals surface area contributed by atoms with Crippen molar-refractivity contribution < 1.29 is 19.0 Å². The number of amides is 1. The fourth-order valence-corrected chi connectivity index (χ4v) is 3.20. The summed E-state index contributed by atoms with van der Waals surface area (Å²) in [5, 5.41) is 0. The van der Waals surface area contributed by atoms with Crippen LogP contribution in [0.1, 0.15) is 10.4 Å². The molecule has 1 heterocycles. The zero-order chi connectivity index (χ0) is 18.5. The van der Waals surface area contributed by atoms with E-state index in [2.05, 4.69) is 11.0 Å². The van der Waals surface area contributed by atoms with E-state index in [1.807, 2.05) is 29.2 Å². The van der Waals surface area contributed by atoms with Crippen molar-refractivity contribution in [2.24, 2.45) is 0 Å². The molecule has 0 spiro atoms. The van der Waals surface area contributed by atoms with Gasteiger partial charge in [0.25, 0.3) is 5.91 Å². The van der Waals surface area contributed by atoms with E-state index in [1.54, 1.807) is 33.5 Å². The van der Waals surface area contributed by atoms with Crippen LogP contribution in [0.5, 0.6) is 17.2 Å². The molecule has 2 aromatic carbocycles. The van der Waals surface area contributed by atoms with Gasteiger partial charge in [0.1, 0.15) is 22.8 Å². The first-order chi connectivity index (χ1) is 12.7. The summed E-state index contributed by atoms with van der Waals surface area (Å²) in [7, 11) is 4.79. The Morgan fingerprint density at radius 3 is 2.04 bits per heavy atom. The van der Waals surface area contributed by atoms with E-state index >= 15 is 0 Å². The number of ether oxygens (including phenoxy) is 3. The van der Waals surface area contributed by atoms with Crippen LogP contribution >= 0.6 is 0 Å². The number of carbonyl (C=O) groups excluding carboxylic acids is 1. The Balaban J connectivity index is 1.73. The molecule has 0 radical (unpaired) electrons. The summed E-state index contributed by atoms with van der Waals surface area (Å²) in [4.78, 5) is 17.1. The topological polar surface area (TPSA) is 51.2 Å². The number of rotatable bonds is 5. The van der Waals surface area contributed by atoms with Gasteiger partial charge in [-0.3, -0.25) is 4.79 Å². The number of carbonyl (C=O) groups is 1. The van der Waals surface area contributed by atoms with Gasteiger partial charge in [0.2, 0.25) is 0 Å². The Labute approximate surface area is 153 Å². The Hall–Kier alpha value is -2.89. The summed E-state index contributed by atoms with van der Waals surface area (Å²) in [6, 6.07) is 13.4. The molecule has 0 N–H and O–H groups in total. The minimum absolute atomic E-state index is 0.0652. The first-order valence-corrected chi connectivity index (χ1v) is 8.57. The molecule has 1 saturated heterocycles. The number of hydrogen-bond donors (Lipinski definition) is 0. The van der Waals surface area contributed by atoms with Crippen LogP contribution < -0.4 is 19.1 Å². The third-order valence-corrected chi connectivity index (χ3v) is 4.63. The van der Waals surface area contributed by atoms with Crippen molar-refractivity contribution in [2.45, 2.75) is 0 Å². The maximum atomic E-state index is 13.0. The summed E-state index contributed by atoms with van der Waals surface area (Å²) in [5.41, 5.74) is 1.58. The SMILES string of the molecule is COc1cccc(N2CCN(C(=O)c3c(OC)cccc3OC)CC2)c1. The van der Waals surface area contributed by atoms with Gasteiger partial charge < -0.3 is 24.0 Å². The van der Waals surface area contributed by atoms with Crippen LogP contribution in [-0.4, -0.2) is 58.3 Å². The zero-order valence-electron chi connectivity index (χ0n) is 15.4. The lowest BCUT2D eigenvalue weighted by Gasteiger charge is -2.36. The van der Waals surface area contributed by atoms with Crippen molar-refractivity contribution in [2.75, 3.05) is 52.4 Å². The van der Waals surface area contributed by atoms with Crippen molar-refractivity contribution in [3.8, 4) is 17.2 Å². The lowest BCUT2D eigenvalue weighted by Crippen LogP contribution is -2.48. The number of nitrogens with zero attached hydrogens (tertiary/aromatic N) is 2. The smallest absolute Gasteiger partial charge is 0.261 e. The predicted molar refractivity (Wildman–Crippen MR) is 101 cm³/mol. The van der Waals surface area contributed by atoms with Gasteiger partial charge in [0, 0.05) is 37.9 Å². The highest BCUT2D eigenvalue weighted by Gasteiger charge is 2.27. The number of piperazine rings is 1. The van der Waals surface area contributed by atoms with Crippen molar-refractivity contribution in [3.63, 3.8) is 0 Å². The molecule has 138 valence electrons. The Kier molecular flexibility index (Phi) is 5.51. The van der Waals surface area contributed by atoms with Gasteiger partial charge >= 0.3 is 0 Å². The second-order valence-electron chi connectivity index (χ2n) is 6.02. The van der Waals surface area contributed by atoms with E-state index in [4.69, 9.17) is 14.2 Å². The molecular weight excluding hydrogens is 332 g/mol. The van der Waals surface area contributed by atoms with E-state index in [0.29, 0.717) is 30.2 Å². The lowest BCUT2D eigenvalue weighted by molar-refractivity contribution is 0.0739. The van der Waals surface area contributed by atoms with Crippen LogP contribution in [0.4, 0.5) is 5.69 Å². The molecule has 1 amide bonds. The molecule has 0 unspecified atom stereocenters. The van der Waals surface area contributed by atoms with E-state index in [-0.39, 0.29) is 5.91 Å². The van der Waals surface area contributed by atoms with E-state index in [0.717, 1.165) is 24.5 Å². The van der Waals surface area contributed by atoms with Gasteiger partial charge in [0.05, 0.1) is 21.3 Å². The third kappa shape index (κ3) is 3.54. The monoisotopic (exact) mass is 356 g/mol. The van der Waals surface area contributed by atoms with E-state index in [1.165, 1.54) is 0 Å². The first kappa shape index (κ1) is 17.9. The summed E-state index contributed by atoms with van der Waals surface area (Å²) < 4.78 is 16.0. The molecule has 3 rings (SSSR count). The van der Waals surface area contributed by atoms with Gasteiger partial charge in [-0.2, -0.15) is 0 Å². The minimum Gasteiger partial charge on any atom is -0.497 e. The number of methoxy groups -OCH3 is 3. The standard InChI is InChI=1S/C20H24N2O4/c1-24-16-7-4-6-15(14-16)21-10-12-22(13-11-21)20(23)19-17(25-2)8-5-9-18(19)26-3/h4-9,14H,10-13H2,1-3H3. The Morgan fingerprint density at radius 1 is 0.846 bits per heavy atom. The average Bonchev–Trinajstić information content (AvgIpc) is 2.72. The molecular formula is C20H24N2O4. The first-order valence-electron chi connectivity index (χ1n) is 8.57. The van der Waals surface area contributed by atoms with Crippen molar-refractivity contribution in [1.82, 2.24) is 4.90 Å². The quantitative estimate of drug-likeness (QED) is 0.824. The Bertz CT molecular complexity index is 748. The maximum Gasteiger partial charge on any atom is 0.261 e.